The second kappa shape index (κ2) is 7.17. The van der Waals surface area contributed by atoms with Gasteiger partial charge in [0.2, 0.25) is 5.91 Å². The Morgan fingerprint density at radius 2 is 2.24 bits per heavy atom. The maximum Gasteiger partial charge on any atom is 0.410 e. The van der Waals surface area contributed by atoms with E-state index in [1.807, 2.05) is 20.8 Å². The topological polar surface area (TPSA) is 98.6 Å². The Labute approximate surface area is 124 Å². The summed E-state index contributed by atoms with van der Waals surface area (Å²) in [6.07, 6.45) is -0.00500. The summed E-state index contributed by atoms with van der Waals surface area (Å²) in [6.45, 7) is 7.20. The summed E-state index contributed by atoms with van der Waals surface area (Å²) < 4.78 is 5.24. The molecule has 1 saturated heterocycles. The normalized spacial score (nSPS) is 18.4. The minimum atomic E-state index is -0.533. The summed E-state index contributed by atoms with van der Waals surface area (Å²) in [5, 5.41) is 3.50. The van der Waals surface area contributed by atoms with Crippen molar-refractivity contribution in [2.75, 3.05) is 33.2 Å². The lowest BCUT2D eigenvalue weighted by Gasteiger charge is -2.26. The number of likely N-dealkylation sites (tertiary alicyclic amines) is 1. The molecule has 1 aliphatic heterocycles. The van der Waals surface area contributed by atoms with E-state index in [-0.39, 0.29) is 11.8 Å². The zero-order valence-electron chi connectivity index (χ0n) is 13.1. The molecule has 0 N–H and O–H groups in total. The minimum Gasteiger partial charge on any atom is -0.444 e. The van der Waals surface area contributed by atoms with Crippen LogP contribution in [0.25, 0.3) is 10.4 Å². The largest absolute Gasteiger partial charge is 0.444 e. The van der Waals surface area contributed by atoms with Crippen molar-refractivity contribution in [1.29, 1.82) is 0 Å². The van der Waals surface area contributed by atoms with E-state index < -0.39 is 11.7 Å². The van der Waals surface area contributed by atoms with Crippen LogP contribution in [0.1, 0.15) is 27.2 Å². The Morgan fingerprint density at radius 3 is 2.81 bits per heavy atom. The number of carbonyl (C=O) groups is 2. The third kappa shape index (κ3) is 5.91. The van der Waals surface area contributed by atoms with Gasteiger partial charge in [0.05, 0.1) is 0 Å². The van der Waals surface area contributed by atoms with Gasteiger partial charge in [-0.25, -0.2) is 4.79 Å². The standard InChI is InChI=1S/C13H23N5O3/c1-13(2,3)21-12(20)17(4)5-6-18-9-10(7-11(18)19)8-15-16-14/h10H,5-9H2,1-4H3. The highest BCUT2D eigenvalue weighted by molar-refractivity contribution is 5.78. The van der Waals surface area contributed by atoms with E-state index in [1.165, 1.54) is 4.90 Å². The van der Waals surface area contributed by atoms with Crippen molar-refractivity contribution in [3.8, 4) is 0 Å². The third-order valence-electron chi connectivity index (χ3n) is 3.11. The molecule has 0 spiro atoms. The minimum absolute atomic E-state index is 0.0331. The highest BCUT2D eigenvalue weighted by Gasteiger charge is 2.29. The zero-order valence-corrected chi connectivity index (χ0v) is 13.1. The summed E-state index contributed by atoms with van der Waals surface area (Å²) in [5.74, 6) is 0.103. The van der Waals surface area contributed by atoms with Gasteiger partial charge in [0.15, 0.2) is 0 Å². The first-order valence-electron chi connectivity index (χ1n) is 6.95. The lowest BCUT2D eigenvalue weighted by molar-refractivity contribution is -0.127. The number of hydrogen-bond acceptors (Lipinski definition) is 4. The van der Waals surface area contributed by atoms with E-state index >= 15 is 0 Å². The average molecular weight is 297 g/mol. The van der Waals surface area contributed by atoms with Gasteiger partial charge in [0, 0.05) is 44.6 Å². The molecule has 1 rings (SSSR count). The summed E-state index contributed by atoms with van der Waals surface area (Å²) in [7, 11) is 1.64. The predicted octanol–water partition coefficient (Wildman–Crippen LogP) is 2.01. The van der Waals surface area contributed by atoms with Gasteiger partial charge < -0.3 is 14.5 Å². The van der Waals surface area contributed by atoms with E-state index in [0.717, 1.165) is 0 Å². The molecule has 0 aliphatic carbocycles. The molecule has 0 radical (unpaired) electrons. The molecule has 1 fully saturated rings. The van der Waals surface area contributed by atoms with Crippen LogP contribution >= 0.6 is 0 Å². The predicted molar refractivity (Wildman–Crippen MR) is 77.6 cm³/mol. The van der Waals surface area contributed by atoms with Crippen LogP contribution in [0.5, 0.6) is 0 Å². The first kappa shape index (κ1) is 17.1. The first-order valence-corrected chi connectivity index (χ1v) is 6.95. The van der Waals surface area contributed by atoms with Gasteiger partial charge in [-0.1, -0.05) is 5.11 Å². The van der Waals surface area contributed by atoms with Gasteiger partial charge >= 0.3 is 6.09 Å². The van der Waals surface area contributed by atoms with Crippen LogP contribution in [0.3, 0.4) is 0 Å². The second-order valence-electron chi connectivity index (χ2n) is 6.23. The molecule has 0 aromatic rings. The number of nitrogens with zero attached hydrogens (tertiary/aromatic N) is 5. The van der Waals surface area contributed by atoms with Gasteiger partial charge in [-0.3, -0.25) is 4.79 Å². The van der Waals surface area contributed by atoms with Crippen molar-refractivity contribution in [2.45, 2.75) is 32.8 Å². The molecule has 2 amide bonds. The maximum atomic E-state index is 11.8. The number of likely N-dealkylation sites (N-methyl/N-ethyl adjacent to an activating group) is 1. The van der Waals surface area contributed by atoms with Crippen LogP contribution in [0, 0.1) is 5.92 Å². The molecule has 118 valence electrons. The SMILES string of the molecule is CN(CCN1CC(CN=[N+]=[N-])CC1=O)C(=O)OC(C)(C)C. The van der Waals surface area contributed by atoms with Crippen molar-refractivity contribution in [3.05, 3.63) is 10.4 Å². The van der Waals surface area contributed by atoms with Crippen LogP contribution in [-0.2, 0) is 9.53 Å². The molecule has 21 heavy (non-hydrogen) atoms. The van der Waals surface area contributed by atoms with Crippen LogP contribution in [-0.4, -0.2) is 60.6 Å². The third-order valence-corrected chi connectivity index (χ3v) is 3.11. The molecular formula is C13H23N5O3. The summed E-state index contributed by atoms with van der Waals surface area (Å²) in [4.78, 5) is 29.5. The monoisotopic (exact) mass is 297 g/mol. The van der Waals surface area contributed by atoms with Crippen LogP contribution in [0.4, 0.5) is 4.79 Å². The number of hydrogen-bond donors (Lipinski definition) is 0. The quantitative estimate of drug-likeness (QED) is 0.441. The summed E-state index contributed by atoms with van der Waals surface area (Å²) >= 11 is 0. The van der Waals surface area contributed by atoms with Crippen molar-refractivity contribution >= 4 is 12.0 Å². The molecule has 0 bridgehead atoms. The molecule has 0 aromatic carbocycles. The lowest BCUT2D eigenvalue weighted by Crippen LogP contribution is -2.39. The van der Waals surface area contributed by atoms with Crippen LogP contribution in [0.15, 0.2) is 5.11 Å². The van der Waals surface area contributed by atoms with Crippen LogP contribution < -0.4 is 0 Å². The van der Waals surface area contributed by atoms with E-state index in [1.54, 1.807) is 11.9 Å². The number of carbonyl (C=O) groups excluding carboxylic acids is 2. The summed E-state index contributed by atoms with van der Waals surface area (Å²) in [6, 6.07) is 0. The first-order chi connectivity index (χ1) is 9.73. The fourth-order valence-corrected chi connectivity index (χ4v) is 2.05. The van der Waals surface area contributed by atoms with Crippen molar-refractivity contribution in [1.82, 2.24) is 9.80 Å². The molecule has 8 heteroatoms. The van der Waals surface area contributed by atoms with E-state index in [4.69, 9.17) is 10.3 Å². The van der Waals surface area contributed by atoms with Gasteiger partial charge in [-0.05, 0) is 32.2 Å². The molecule has 1 unspecified atom stereocenters. The fraction of sp³-hybridized carbons (Fsp3) is 0.846. The van der Waals surface area contributed by atoms with Crippen molar-refractivity contribution in [3.63, 3.8) is 0 Å². The van der Waals surface area contributed by atoms with Gasteiger partial charge in [0.25, 0.3) is 0 Å². The fourth-order valence-electron chi connectivity index (χ4n) is 2.05. The molecule has 1 atom stereocenters. The molecule has 1 heterocycles. The number of rotatable bonds is 5. The molecule has 1 aliphatic rings. The Bertz CT molecular complexity index is 440. The lowest BCUT2D eigenvalue weighted by atomic mass is 10.1. The second-order valence-corrected chi connectivity index (χ2v) is 6.23. The highest BCUT2D eigenvalue weighted by Crippen LogP contribution is 2.18. The highest BCUT2D eigenvalue weighted by atomic mass is 16.6. The Balaban J connectivity index is 2.39. The van der Waals surface area contributed by atoms with Gasteiger partial charge in [0.1, 0.15) is 5.60 Å². The van der Waals surface area contributed by atoms with E-state index in [9.17, 15) is 9.59 Å². The number of ether oxygens (including phenoxy) is 1. The Morgan fingerprint density at radius 1 is 1.57 bits per heavy atom. The van der Waals surface area contributed by atoms with E-state index in [2.05, 4.69) is 10.0 Å². The number of azide groups is 1. The smallest absolute Gasteiger partial charge is 0.410 e. The molecule has 0 saturated carbocycles. The maximum absolute atomic E-state index is 11.8. The van der Waals surface area contributed by atoms with E-state index in [0.29, 0.717) is 32.6 Å². The van der Waals surface area contributed by atoms with Crippen molar-refractivity contribution in [2.24, 2.45) is 11.0 Å². The molecule has 8 nitrogen and oxygen atoms in total. The molecular weight excluding hydrogens is 274 g/mol. The average Bonchev–Trinajstić information content (AvgIpc) is 2.72. The van der Waals surface area contributed by atoms with Crippen molar-refractivity contribution < 1.29 is 14.3 Å². The summed E-state index contributed by atoms with van der Waals surface area (Å²) in [5.41, 5.74) is 7.76. The molecule has 0 aromatic heterocycles. The van der Waals surface area contributed by atoms with Gasteiger partial charge in [-0.15, -0.1) is 0 Å². The van der Waals surface area contributed by atoms with Crippen LogP contribution in [0.2, 0.25) is 0 Å². The zero-order chi connectivity index (χ0) is 16.0. The Hall–Kier alpha value is -1.95. The number of amides is 2. The Kier molecular flexibility index (Phi) is 5.84. The van der Waals surface area contributed by atoms with Gasteiger partial charge in [-0.2, -0.15) is 0 Å².